The van der Waals surface area contributed by atoms with Gasteiger partial charge in [0.1, 0.15) is 0 Å². The first-order valence-corrected chi connectivity index (χ1v) is 5.89. The second-order valence-corrected chi connectivity index (χ2v) is 4.56. The molecule has 0 atom stereocenters. The van der Waals surface area contributed by atoms with Crippen LogP contribution in [0.15, 0.2) is 30.6 Å². The van der Waals surface area contributed by atoms with E-state index in [0.717, 1.165) is 13.1 Å². The molecule has 1 N–H and O–H groups in total. The molecule has 0 bridgehead atoms. The van der Waals surface area contributed by atoms with Crippen molar-refractivity contribution in [2.45, 2.75) is 26.9 Å². The first-order chi connectivity index (χ1) is 8.15. The summed E-state index contributed by atoms with van der Waals surface area (Å²) < 4.78 is 1.83. The van der Waals surface area contributed by atoms with Gasteiger partial charge in [0, 0.05) is 31.9 Å². The average Bonchev–Trinajstić information content (AvgIpc) is 2.68. The molecular formula is C14H19N3. The molecule has 0 aliphatic carbocycles. The maximum Gasteiger partial charge on any atom is 0.0534 e. The van der Waals surface area contributed by atoms with Gasteiger partial charge in [0.2, 0.25) is 0 Å². The molecule has 0 saturated heterocycles. The highest BCUT2D eigenvalue weighted by atomic mass is 15.2. The fraction of sp³-hybridized carbons (Fsp3) is 0.357. The summed E-state index contributed by atoms with van der Waals surface area (Å²) in [4.78, 5) is 0. The molecular weight excluding hydrogens is 210 g/mol. The molecule has 0 aliphatic heterocycles. The lowest BCUT2D eigenvalue weighted by Crippen LogP contribution is -2.13. The van der Waals surface area contributed by atoms with Gasteiger partial charge in [0.05, 0.1) is 6.20 Å². The van der Waals surface area contributed by atoms with Crippen LogP contribution >= 0.6 is 0 Å². The van der Waals surface area contributed by atoms with E-state index in [1.807, 2.05) is 24.1 Å². The number of hydrogen-bond acceptors (Lipinski definition) is 2. The molecule has 0 amide bonds. The number of rotatable bonds is 4. The molecule has 0 fully saturated rings. The van der Waals surface area contributed by atoms with Crippen molar-refractivity contribution in [3.63, 3.8) is 0 Å². The van der Waals surface area contributed by atoms with E-state index < -0.39 is 0 Å². The first-order valence-electron chi connectivity index (χ1n) is 5.89. The zero-order valence-electron chi connectivity index (χ0n) is 10.7. The summed E-state index contributed by atoms with van der Waals surface area (Å²) in [5.41, 5.74) is 5.25. The minimum atomic E-state index is 0.862. The normalized spacial score (nSPS) is 10.8. The van der Waals surface area contributed by atoms with E-state index in [4.69, 9.17) is 0 Å². The largest absolute Gasteiger partial charge is 0.308 e. The van der Waals surface area contributed by atoms with Gasteiger partial charge >= 0.3 is 0 Å². The maximum absolute atomic E-state index is 4.15. The molecule has 1 heterocycles. The van der Waals surface area contributed by atoms with Crippen LogP contribution in [0.25, 0.3) is 0 Å². The van der Waals surface area contributed by atoms with Crippen molar-refractivity contribution in [3.05, 3.63) is 52.8 Å². The Labute approximate surface area is 102 Å². The number of aromatic nitrogens is 2. The summed E-state index contributed by atoms with van der Waals surface area (Å²) in [5.74, 6) is 0. The number of hydrogen-bond donors (Lipinski definition) is 1. The second kappa shape index (κ2) is 5.15. The van der Waals surface area contributed by atoms with E-state index in [1.165, 1.54) is 22.3 Å². The second-order valence-electron chi connectivity index (χ2n) is 4.56. The Morgan fingerprint density at radius 1 is 1.24 bits per heavy atom. The summed E-state index contributed by atoms with van der Waals surface area (Å²) in [6, 6.07) is 6.58. The van der Waals surface area contributed by atoms with Crippen molar-refractivity contribution in [2.24, 2.45) is 7.05 Å². The van der Waals surface area contributed by atoms with Crippen LogP contribution < -0.4 is 5.32 Å². The van der Waals surface area contributed by atoms with E-state index in [9.17, 15) is 0 Å². The van der Waals surface area contributed by atoms with Crippen LogP contribution in [0.5, 0.6) is 0 Å². The monoisotopic (exact) mass is 229 g/mol. The highest BCUT2D eigenvalue weighted by Gasteiger charge is 1.99. The lowest BCUT2D eigenvalue weighted by molar-refractivity contribution is 0.689. The van der Waals surface area contributed by atoms with Crippen LogP contribution in [0, 0.1) is 13.8 Å². The van der Waals surface area contributed by atoms with Gasteiger partial charge in [0.15, 0.2) is 0 Å². The molecule has 0 unspecified atom stereocenters. The Kier molecular flexibility index (Phi) is 3.59. The zero-order chi connectivity index (χ0) is 12.3. The van der Waals surface area contributed by atoms with Gasteiger partial charge in [-0.05, 0) is 25.0 Å². The molecule has 17 heavy (non-hydrogen) atoms. The van der Waals surface area contributed by atoms with Crippen molar-refractivity contribution in [1.29, 1.82) is 0 Å². The minimum absolute atomic E-state index is 0.862. The van der Waals surface area contributed by atoms with Crippen molar-refractivity contribution in [1.82, 2.24) is 15.1 Å². The summed E-state index contributed by atoms with van der Waals surface area (Å²) >= 11 is 0. The van der Waals surface area contributed by atoms with Gasteiger partial charge in [-0.15, -0.1) is 0 Å². The van der Waals surface area contributed by atoms with Gasteiger partial charge < -0.3 is 5.32 Å². The molecule has 1 aromatic heterocycles. The number of benzene rings is 1. The predicted octanol–water partition coefficient (Wildman–Crippen LogP) is 2.33. The lowest BCUT2D eigenvalue weighted by atomic mass is 10.1. The van der Waals surface area contributed by atoms with Gasteiger partial charge in [0.25, 0.3) is 0 Å². The highest BCUT2D eigenvalue weighted by molar-refractivity contribution is 5.30. The Morgan fingerprint density at radius 3 is 2.71 bits per heavy atom. The molecule has 3 nitrogen and oxygen atoms in total. The number of nitrogens with one attached hydrogen (secondary N) is 1. The van der Waals surface area contributed by atoms with E-state index in [-0.39, 0.29) is 0 Å². The fourth-order valence-electron chi connectivity index (χ4n) is 1.95. The molecule has 2 aromatic rings. The first kappa shape index (κ1) is 11.9. The average molecular weight is 229 g/mol. The molecule has 3 heteroatoms. The highest BCUT2D eigenvalue weighted by Crippen LogP contribution is 2.10. The Morgan fingerprint density at radius 2 is 2.06 bits per heavy atom. The lowest BCUT2D eigenvalue weighted by Gasteiger charge is -2.07. The van der Waals surface area contributed by atoms with E-state index in [2.05, 4.69) is 42.5 Å². The summed E-state index contributed by atoms with van der Waals surface area (Å²) in [5, 5.41) is 7.59. The zero-order valence-corrected chi connectivity index (χ0v) is 10.7. The van der Waals surface area contributed by atoms with Gasteiger partial charge in [-0.2, -0.15) is 5.10 Å². The van der Waals surface area contributed by atoms with Crippen LogP contribution in [-0.4, -0.2) is 9.78 Å². The van der Waals surface area contributed by atoms with Crippen molar-refractivity contribution >= 4 is 0 Å². The molecule has 1 aromatic carbocycles. The summed E-state index contributed by atoms with van der Waals surface area (Å²) in [6.45, 7) is 6.05. The number of aryl methyl sites for hydroxylation is 3. The van der Waals surface area contributed by atoms with Crippen LogP contribution in [0.4, 0.5) is 0 Å². The van der Waals surface area contributed by atoms with E-state index >= 15 is 0 Å². The fourth-order valence-corrected chi connectivity index (χ4v) is 1.95. The predicted molar refractivity (Wildman–Crippen MR) is 69.7 cm³/mol. The SMILES string of the molecule is Cc1ccc(CNCc2cnn(C)c2)c(C)c1. The smallest absolute Gasteiger partial charge is 0.0534 e. The van der Waals surface area contributed by atoms with Gasteiger partial charge in [-0.1, -0.05) is 23.8 Å². The van der Waals surface area contributed by atoms with Crippen molar-refractivity contribution < 1.29 is 0 Å². The van der Waals surface area contributed by atoms with Crippen LogP contribution in [0.1, 0.15) is 22.3 Å². The Balaban J connectivity index is 1.90. The third-order valence-corrected chi connectivity index (χ3v) is 2.90. The van der Waals surface area contributed by atoms with Crippen LogP contribution in [0.3, 0.4) is 0 Å². The van der Waals surface area contributed by atoms with E-state index in [1.54, 1.807) is 0 Å². The van der Waals surface area contributed by atoms with E-state index in [0.29, 0.717) is 0 Å². The maximum atomic E-state index is 4.15. The number of nitrogens with zero attached hydrogens (tertiary/aromatic N) is 2. The summed E-state index contributed by atoms with van der Waals surface area (Å²) in [7, 11) is 1.94. The minimum Gasteiger partial charge on any atom is -0.308 e. The van der Waals surface area contributed by atoms with Gasteiger partial charge in [-0.3, -0.25) is 4.68 Å². The van der Waals surface area contributed by atoms with Crippen molar-refractivity contribution in [3.8, 4) is 0 Å². The van der Waals surface area contributed by atoms with Crippen molar-refractivity contribution in [2.75, 3.05) is 0 Å². The summed E-state index contributed by atoms with van der Waals surface area (Å²) in [6.07, 6.45) is 3.93. The Bertz CT molecular complexity index is 500. The third-order valence-electron chi connectivity index (χ3n) is 2.90. The molecule has 0 spiro atoms. The molecule has 0 radical (unpaired) electrons. The molecule has 0 saturated carbocycles. The molecule has 90 valence electrons. The topological polar surface area (TPSA) is 29.9 Å². The van der Waals surface area contributed by atoms with Gasteiger partial charge in [-0.25, -0.2) is 0 Å². The van der Waals surface area contributed by atoms with Crippen LogP contribution in [-0.2, 0) is 20.1 Å². The molecule has 2 rings (SSSR count). The molecule has 0 aliphatic rings. The van der Waals surface area contributed by atoms with Crippen LogP contribution in [0.2, 0.25) is 0 Å². The Hall–Kier alpha value is -1.61. The third kappa shape index (κ3) is 3.17. The standard InChI is InChI=1S/C14H19N3/c1-11-4-5-14(12(2)6-11)9-15-7-13-8-16-17(3)10-13/h4-6,8,10,15H,7,9H2,1-3H3. The quantitative estimate of drug-likeness (QED) is 0.872.